The van der Waals surface area contributed by atoms with E-state index >= 15 is 0 Å². The molecule has 2 heterocycles. The van der Waals surface area contributed by atoms with Gasteiger partial charge in [0.1, 0.15) is 4.83 Å². The molecule has 0 saturated heterocycles. The molecule has 0 aliphatic heterocycles. The van der Waals surface area contributed by atoms with Gasteiger partial charge in [0.05, 0.1) is 16.8 Å². The fourth-order valence-electron chi connectivity index (χ4n) is 3.49. The largest absolute Gasteiger partial charge is 0.325 e. The average Bonchev–Trinajstić information content (AvgIpc) is 3.54. The van der Waals surface area contributed by atoms with Crippen LogP contribution >= 0.6 is 23.1 Å². The number of anilines is 1. The number of nitrogens with zero attached hydrogens (tertiary/aromatic N) is 2. The fourth-order valence-corrected chi connectivity index (χ4v) is 5.37. The summed E-state index contributed by atoms with van der Waals surface area (Å²) in [6, 6.07) is 12.4. The highest BCUT2D eigenvalue weighted by Crippen LogP contribution is 2.44. The van der Waals surface area contributed by atoms with Crippen LogP contribution in [0.2, 0.25) is 0 Å². The van der Waals surface area contributed by atoms with Gasteiger partial charge in [0.25, 0.3) is 5.56 Å². The van der Waals surface area contributed by atoms with Gasteiger partial charge in [0.2, 0.25) is 5.91 Å². The number of hydrogen-bond acceptors (Lipinski definition) is 5. The number of thioether (sulfide) groups is 1. The first-order valence-electron chi connectivity index (χ1n) is 9.98. The van der Waals surface area contributed by atoms with Crippen LogP contribution in [-0.2, 0) is 4.79 Å². The monoisotopic (exact) mass is 469 g/mol. The van der Waals surface area contributed by atoms with Crippen LogP contribution in [0.1, 0.15) is 24.3 Å². The highest BCUT2D eigenvalue weighted by atomic mass is 32.2. The highest BCUT2D eigenvalue weighted by Gasteiger charge is 2.29. The van der Waals surface area contributed by atoms with Crippen molar-refractivity contribution in [1.82, 2.24) is 9.55 Å². The smallest absolute Gasteiger partial charge is 0.267 e. The maximum atomic E-state index is 13.5. The molecule has 0 unspecified atom stereocenters. The summed E-state index contributed by atoms with van der Waals surface area (Å²) in [5.74, 6) is -2.07. The Morgan fingerprint density at radius 2 is 1.94 bits per heavy atom. The second-order valence-corrected chi connectivity index (χ2v) is 9.28. The van der Waals surface area contributed by atoms with Crippen molar-refractivity contribution in [2.45, 2.75) is 23.9 Å². The number of aromatic nitrogens is 2. The van der Waals surface area contributed by atoms with Crippen LogP contribution in [0.4, 0.5) is 14.5 Å². The number of benzene rings is 2. The number of hydrogen-bond donors (Lipinski definition) is 1. The van der Waals surface area contributed by atoms with Crippen molar-refractivity contribution >= 4 is 44.9 Å². The van der Waals surface area contributed by atoms with E-state index in [1.807, 2.05) is 35.7 Å². The van der Waals surface area contributed by atoms with Crippen molar-refractivity contribution in [3.8, 4) is 5.69 Å². The van der Waals surface area contributed by atoms with Gasteiger partial charge < -0.3 is 5.32 Å². The number of para-hydroxylation sites is 1. The van der Waals surface area contributed by atoms with Crippen LogP contribution in [0.15, 0.2) is 63.9 Å². The molecule has 9 heteroatoms. The Hall–Kier alpha value is -3.04. The van der Waals surface area contributed by atoms with E-state index in [4.69, 9.17) is 4.98 Å². The predicted molar refractivity (Wildman–Crippen MR) is 123 cm³/mol. The summed E-state index contributed by atoms with van der Waals surface area (Å²) >= 11 is 2.56. The molecule has 0 atom stereocenters. The zero-order valence-corrected chi connectivity index (χ0v) is 18.3. The first kappa shape index (κ1) is 20.8. The van der Waals surface area contributed by atoms with Crippen LogP contribution in [0, 0.1) is 11.6 Å². The number of halogens is 2. The molecule has 1 amide bonds. The lowest BCUT2D eigenvalue weighted by Crippen LogP contribution is -2.23. The fraction of sp³-hybridized carbons (Fsp3) is 0.174. The zero-order valence-electron chi connectivity index (χ0n) is 16.7. The van der Waals surface area contributed by atoms with Gasteiger partial charge >= 0.3 is 0 Å². The van der Waals surface area contributed by atoms with E-state index in [2.05, 4.69) is 5.32 Å². The molecular formula is C23H17F2N3O2S2. The van der Waals surface area contributed by atoms with Crippen LogP contribution in [-0.4, -0.2) is 21.2 Å². The minimum atomic E-state index is -1.04. The number of rotatable bonds is 6. The Labute approximate surface area is 190 Å². The number of nitrogens with one attached hydrogen (secondary N) is 1. The summed E-state index contributed by atoms with van der Waals surface area (Å²) in [7, 11) is 0. The number of carbonyl (C=O) groups excluding carboxylic acids is 1. The Bertz CT molecular complexity index is 1380. The number of amides is 1. The molecule has 162 valence electrons. The lowest BCUT2D eigenvalue weighted by molar-refractivity contribution is -0.113. The van der Waals surface area contributed by atoms with E-state index in [1.165, 1.54) is 22.0 Å². The molecule has 5 rings (SSSR count). The van der Waals surface area contributed by atoms with Crippen LogP contribution in [0.3, 0.4) is 0 Å². The second-order valence-electron chi connectivity index (χ2n) is 7.48. The van der Waals surface area contributed by atoms with Gasteiger partial charge in [-0.25, -0.2) is 13.8 Å². The normalized spacial score (nSPS) is 13.4. The first-order chi connectivity index (χ1) is 15.5. The lowest BCUT2D eigenvalue weighted by Gasteiger charge is -2.12. The topological polar surface area (TPSA) is 64.0 Å². The van der Waals surface area contributed by atoms with Gasteiger partial charge in [-0.2, -0.15) is 0 Å². The summed E-state index contributed by atoms with van der Waals surface area (Å²) in [4.78, 5) is 31.3. The maximum Gasteiger partial charge on any atom is 0.267 e. The molecule has 2 aromatic carbocycles. The zero-order chi connectivity index (χ0) is 22.2. The molecule has 1 aliphatic carbocycles. The van der Waals surface area contributed by atoms with E-state index in [0.717, 1.165) is 42.3 Å². The second kappa shape index (κ2) is 8.48. The summed E-state index contributed by atoms with van der Waals surface area (Å²) in [6.45, 7) is 0. The van der Waals surface area contributed by atoms with Crippen molar-refractivity contribution in [3.63, 3.8) is 0 Å². The van der Waals surface area contributed by atoms with Gasteiger partial charge in [0, 0.05) is 11.8 Å². The number of fused-ring (bicyclic) bond motifs is 1. The maximum absolute atomic E-state index is 13.5. The third kappa shape index (κ3) is 4.05. The summed E-state index contributed by atoms with van der Waals surface area (Å²) in [5, 5.41) is 5.60. The molecule has 1 saturated carbocycles. The first-order valence-corrected chi connectivity index (χ1v) is 11.8. The van der Waals surface area contributed by atoms with Gasteiger partial charge in [-0.1, -0.05) is 30.0 Å². The predicted octanol–water partition coefficient (Wildman–Crippen LogP) is 5.33. The van der Waals surface area contributed by atoms with E-state index < -0.39 is 17.5 Å². The quantitative estimate of drug-likeness (QED) is 0.306. The number of carbonyl (C=O) groups is 1. The SMILES string of the molecule is O=C(CSc1nc2scc(C3CC3)c2c(=O)n1-c1ccccc1)Nc1ccc(F)c(F)c1. The van der Waals surface area contributed by atoms with Crippen molar-refractivity contribution in [3.05, 3.63) is 81.5 Å². The molecule has 32 heavy (non-hydrogen) atoms. The third-order valence-corrected chi connectivity index (χ3v) is 7.00. The third-order valence-electron chi connectivity index (χ3n) is 5.17. The van der Waals surface area contributed by atoms with Crippen molar-refractivity contribution < 1.29 is 13.6 Å². The Kier molecular flexibility index (Phi) is 5.52. The lowest BCUT2D eigenvalue weighted by atomic mass is 10.1. The molecule has 0 bridgehead atoms. The van der Waals surface area contributed by atoms with Gasteiger partial charge in [-0.15, -0.1) is 11.3 Å². The summed E-state index contributed by atoms with van der Waals surface area (Å²) < 4.78 is 28.0. The molecule has 1 aliphatic rings. The van der Waals surface area contributed by atoms with Crippen molar-refractivity contribution in [2.75, 3.05) is 11.1 Å². The van der Waals surface area contributed by atoms with Crippen molar-refractivity contribution in [2.24, 2.45) is 0 Å². The molecule has 0 spiro atoms. The van der Waals surface area contributed by atoms with Crippen LogP contribution in [0.25, 0.3) is 15.9 Å². The van der Waals surface area contributed by atoms with Gasteiger partial charge in [0.15, 0.2) is 16.8 Å². The molecular weight excluding hydrogens is 452 g/mol. The Morgan fingerprint density at radius 3 is 2.66 bits per heavy atom. The highest BCUT2D eigenvalue weighted by molar-refractivity contribution is 7.99. The number of thiophene rings is 1. The molecule has 4 aromatic rings. The summed E-state index contributed by atoms with van der Waals surface area (Å²) in [5.41, 5.74) is 1.74. The molecule has 5 nitrogen and oxygen atoms in total. The van der Waals surface area contributed by atoms with E-state index in [1.54, 1.807) is 0 Å². The van der Waals surface area contributed by atoms with E-state index in [0.29, 0.717) is 27.0 Å². The summed E-state index contributed by atoms with van der Waals surface area (Å²) in [6.07, 6.45) is 2.16. The minimum absolute atomic E-state index is 0.0510. The Balaban J connectivity index is 1.47. The average molecular weight is 470 g/mol. The van der Waals surface area contributed by atoms with Gasteiger partial charge in [-0.05, 0) is 54.0 Å². The molecule has 1 fully saturated rings. The van der Waals surface area contributed by atoms with E-state index in [-0.39, 0.29) is 17.0 Å². The van der Waals surface area contributed by atoms with Crippen molar-refractivity contribution in [1.29, 1.82) is 0 Å². The Morgan fingerprint density at radius 1 is 1.16 bits per heavy atom. The minimum Gasteiger partial charge on any atom is -0.325 e. The standard InChI is InChI=1S/C23H17F2N3O2S2/c24-17-9-8-14(10-18(17)25)26-19(29)12-32-23-27-21-20(16(11-31-21)13-6-7-13)22(30)28(23)15-4-2-1-3-5-15/h1-5,8-11,13H,6-7,12H2,(H,26,29). The van der Waals surface area contributed by atoms with E-state index in [9.17, 15) is 18.4 Å². The van der Waals surface area contributed by atoms with Gasteiger partial charge in [-0.3, -0.25) is 14.2 Å². The molecule has 1 N–H and O–H groups in total. The molecule has 0 radical (unpaired) electrons. The van der Waals surface area contributed by atoms with Crippen LogP contribution in [0.5, 0.6) is 0 Å². The van der Waals surface area contributed by atoms with Crippen LogP contribution < -0.4 is 10.9 Å². The molecule has 2 aromatic heterocycles.